The number of carbonyl (C=O) groups is 3. The van der Waals surface area contributed by atoms with Crippen molar-refractivity contribution in [1.82, 2.24) is 10.2 Å². The summed E-state index contributed by atoms with van der Waals surface area (Å²) in [5, 5.41) is 39.0. The third kappa shape index (κ3) is 5.66. The molecule has 5 N–H and O–H groups in total. The topological polar surface area (TPSA) is 147 Å². The average Bonchev–Trinajstić information content (AvgIpc) is 2.37. The Labute approximate surface area is 122 Å². The molecule has 122 valence electrons. The highest BCUT2D eigenvalue weighted by Crippen LogP contribution is 2.17. The van der Waals surface area contributed by atoms with Gasteiger partial charge in [-0.05, 0) is 13.1 Å². The maximum absolute atomic E-state index is 11.2. The van der Waals surface area contributed by atoms with Crippen molar-refractivity contribution in [2.24, 2.45) is 0 Å². The van der Waals surface area contributed by atoms with Gasteiger partial charge < -0.3 is 30.6 Å². The second-order valence-electron chi connectivity index (χ2n) is 4.55. The van der Waals surface area contributed by atoms with Gasteiger partial charge in [0.25, 0.3) is 0 Å². The standard InChI is InChI=1S/C12H22N2O7/c1-3-14(4-2)6-5-13-9(10(17)18)12(21,11(19)20)7-8(15)16/h9,13,21H,3-7H2,1-2H3,(H,15,16)(H,17,18)(H,19,20). The third-order valence-electron chi connectivity index (χ3n) is 3.19. The van der Waals surface area contributed by atoms with E-state index in [0.29, 0.717) is 6.54 Å². The number of aliphatic carboxylic acids is 3. The van der Waals surface area contributed by atoms with Crippen LogP contribution in [0.5, 0.6) is 0 Å². The maximum atomic E-state index is 11.2. The van der Waals surface area contributed by atoms with E-state index in [0.717, 1.165) is 13.1 Å². The molecule has 21 heavy (non-hydrogen) atoms. The zero-order valence-electron chi connectivity index (χ0n) is 12.1. The zero-order chi connectivity index (χ0) is 16.6. The van der Waals surface area contributed by atoms with Crippen LogP contribution in [0, 0.1) is 0 Å². The molecular formula is C12H22N2O7. The van der Waals surface area contributed by atoms with Gasteiger partial charge >= 0.3 is 17.9 Å². The molecule has 0 heterocycles. The smallest absolute Gasteiger partial charge is 0.338 e. The van der Waals surface area contributed by atoms with Gasteiger partial charge in [-0.25, -0.2) is 4.79 Å². The quantitative estimate of drug-likeness (QED) is 0.313. The molecule has 0 aromatic rings. The summed E-state index contributed by atoms with van der Waals surface area (Å²) in [5.41, 5.74) is -2.92. The van der Waals surface area contributed by atoms with Gasteiger partial charge in [-0.15, -0.1) is 0 Å². The highest BCUT2D eigenvalue weighted by molar-refractivity contribution is 5.91. The number of hydrogen-bond acceptors (Lipinski definition) is 6. The SMILES string of the molecule is CCN(CC)CCNC(C(=O)O)C(O)(CC(=O)O)C(=O)O. The monoisotopic (exact) mass is 306 g/mol. The fraction of sp³-hybridized carbons (Fsp3) is 0.750. The second kappa shape index (κ2) is 8.55. The van der Waals surface area contributed by atoms with Crippen LogP contribution in [0.3, 0.4) is 0 Å². The Kier molecular flexibility index (Phi) is 7.85. The summed E-state index contributed by atoms with van der Waals surface area (Å²) in [6.45, 7) is 5.84. The number of nitrogens with zero attached hydrogens (tertiary/aromatic N) is 1. The lowest BCUT2D eigenvalue weighted by Gasteiger charge is -2.29. The second-order valence-corrected chi connectivity index (χ2v) is 4.55. The van der Waals surface area contributed by atoms with E-state index in [1.807, 2.05) is 18.7 Å². The van der Waals surface area contributed by atoms with Crippen LogP contribution in [0.2, 0.25) is 0 Å². The van der Waals surface area contributed by atoms with Gasteiger partial charge in [-0.3, -0.25) is 9.59 Å². The summed E-state index contributed by atoms with van der Waals surface area (Å²) < 4.78 is 0. The molecule has 0 aliphatic carbocycles. The molecule has 0 bridgehead atoms. The van der Waals surface area contributed by atoms with Crippen molar-refractivity contribution >= 4 is 17.9 Å². The van der Waals surface area contributed by atoms with E-state index in [9.17, 15) is 19.5 Å². The van der Waals surface area contributed by atoms with Gasteiger partial charge in [-0.2, -0.15) is 0 Å². The number of likely N-dealkylation sites (N-methyl/N-ethyl adjacent to an activating group) is 1. The van der Waals surface area contributed by atoms with Gasteiger partial charge in [0.1, 0.15) is 6.04 Å². The number of carboxylic acids is 3. The molecule has 0 saturated carbocycles. The lowest BCUT2D eigenvalue weighted by molar-refractivity contribution is -0.174. The van der Waals surface area contributed by atoms with Crippen LogP contribution in [0.25, 0.3) is 0 Å². The van der Waals surface area contributed by atoms with Crippen molar-refractivity contribution in [1.29, 1.82) is 0 Å². The minimum absolute atomic E-state index is 0.105. The van der Waals surface area contributed by atoms with Crippen molar-refractivity contribution in [2.45, 2.75) is 31.9 Å². The normalized spacial score (nSPS) is 15.4. The highest BCUT2D eigenvalue weighted by atomic mass is 16.4. The molecule has 9 nitrogen and oxygen atoms in total. The summed E-state index contributed by atoms with van der Waals surface area (Å²) in [4.78, 5) is 34.9. The lowest BCUT2D eigenvalue weighted by Crippen LogP contribution is -2.61. The van der Waals surface area contributed by atoms with Gasteiger partial charge in [0, 0.05) is 13.1 Å². The van der Waals surface area contributed by atoms with Crippen LogP contribution >= 0.6 is 0 Å². The zero-order valence-corrected chi connectivity index (χ0v) is 12.1. The Morgan fingerprint density at radius 3 is 2.00 bits per heavy atom. The molecule has 0 spiro atoms. The van der Waals surface area contributed by atoms with E-state index >= 15 is 0 Å². The highest BCUT2D eigenvalue weighted by Gasteiger charge is 2.50. The predicted molar refractivity (Wildman–Crippen MR) is 72.1 cm³/mol. The maximum Gasteiger partial charge on any atom is 0.338 e. The molecule has 2 unspecified atom stereocenters. The minimum Gasteiger partial charge on any atom is -0.481 e. The summed E-state index contributed by atoms with van der Waals surface area (Å²) in [7, 11) is 0. The summed E-state index contributed by atoms with van der Waals surface area (Å²) >= 11 is 0. The van der Waals surface area contributed by atoms with Crippen LogP contribution in [0.4, 0.5) is 0 Å². The Hall–Kier alpha value is -1.71. The van der Waals surface area contributed by atoms with Crippen molar-refractivity contribution in [3.8, 4) is 0 Å². The molecule has 0 aromatic carbocycles. The number of carboxylic acid groups (broad SMARTS) is 3. The first kappa shape index (κ1) is 19.3. The van der Waals surface area contributed by atoms with Crippen LogP contribution in [0.15, 0.2) is 0 Å². The molecular weight excluding hydrogens is 284 g/mol. The van der Waals surface area contributed by atoms with Crippen LogP contribution in [0.1, 0.15) is 20.3 Å². The van der Waals surface area contributed by atoms with Gasteiger partial charge in [-0.1, -0.05) is 13.8 Å². The van der Waals surface area contributed by atoms with Crippen molar-refractivity contribution in [3.63, 3.8) is 0 Å². The number of rotatable bonds is 11. The van der Waals surface area contributed by atoms with Crippen molar-refractivity contribution < 1.29 is 34.8 Å². The molecule has 0 radical (unpaired) electrons. The fourth-order valence-electron chi connectivity index (χ4n) is 1.90. The Morgan fingerprint density at radius 2 is 1.67 bits per heavy atom. The summed E-state index contributed by atoms with van der Waals surface area (Å²) in [6.07, 6.45) is -1.21. The van der Waals surface area contributed by atoms with E-state index in [2.05, 4.69) is 5.32 Å². The van der Waals surface area contributed by atoms with Crippen molar-refractivity contribution in [3.05, 3.63) is 0 Å². The minimum atomic E-state index is -2.92. The first-order valence-electron chi connectivity index (χ1n) is 6.55. The number of hydrogen-bond donors (Lipinski definition) is 5. The summed E-state index contributed by atoms with van der Waals surface area (Å²) in [6, 6.07) is -1.92. The molecule has 0 aliphatic heterocycles. The largest absolute Gasteiger partial charge is 0.481 e. The molecule has 0 amide bonds. The molecule has 0 saturated heterocycles. The Balaban J connectivity index is 4.96. The van der Waals surface area contributed by atoms with Crippen LogP contribution in [-0.4, -0.2) is 81.1 Å². The van der Waals surface area contributed by atoms with E-state index in [1.165, 1.54) is 0 Å². The first-order chi connectivity index (χ1) is 9.68. The number of nitrogens with one attached hydrogen (secondary N) is 1. The van der Waals surface area contributed by atoms with E-state index in [1.54, 1.807) is 0 Å². The van der Waals surface area contributed by atoms with Gasteiger partial charge in [0.15, 0.2) is 5.60 Å². The molecule has 0 aliphatic rings. The first-order valence-corrected chi connectivity index (χ1v) is 6.55. The molecule has 0 fully saturated rings. The van der Waals surface area contributed by atoms with E-state index in [4.69, 9.17) is 15.3 Å². The molecule has 2 atom stereocenters. The van der Waals surface area contributed by atoms with E-state index in [-0.39, 0.29) is 6.54 Å². The third-order valence-corrected chi connectivity index (χ3v) is 3.19. The predicted octanol–water partition coefficient (Wildman–Crippen LogP) is -1.34. The summed E-state index contributed by atoms with van der Waals surface area (Å²) in [5.74, 6) is -5.12. The number of aliphatic hydroxyl groups is 1. The fourth-order valence-corrected chi connectivity index (χ4v) is 1.90. The van der Waals surface area contributed by atoms with Gasteiger partial charge in [0.05, 0.1) is 6.42 Å². The molecule has 9 heteroatoms. The molecule has 0 aromatic heterocycles. The van der Waals surface area contributed by atoms with Gasteiger partial charge in [0.2, 0.25) is 0 Å². The Bertz CT molecular complexity index is 384. The van der Waals surface area contributed by atoms with E-state index < -0.39 is 36.0 Å². The Morgan fingerprint density at radius 1 is 1.14 bits per heavy atom. The van der Waals surface area contributed by atoms with Crippen LogP contribution < -0.4 is 5.32 Å². The molecule has 0 rings (SSSR count). The average molecular weight is 306 g/mol. The van der Waals surface area contributed by atoms with Crippen LogP contribution in [-0.2, 0) is 14.4 Å². The van der Waals surface area contributed by atoms with Crippen molar-refractivity contribution in [2.75, 3.05) is 26.2 Å². The lowest BCUT2D eigenvalue weighted by atomic mass is 9.90.